The van der Waals surface area contributed by atoms with Gasteiger partial charge in [-0.2, -0.15) is 0 Å². The summed E-state index contributed by atoms with van der Waals surface area (Å²) in [5, 5.41) is 1.09. The number of furan rings is 1. The minimum absolute atomic E-state index is 0.758. The van der Waals surface area contributed by atoms with Crippen molar-refractivity contribution in [1.82, 2.24) is 9.55 Å². The van der Waals surface area contributed by atoms with E-state index >= 15 is 0 Å². The summed E-state index contributed by atoms with van der Waals surface area (Å²) < 4.78 is 8.30. The van der Waals surface area contributed by atoms with Crippen LogP contribution in [0.3, 0.4) is 0 Å². The van der Waals surface area contributed by atoms with Gasteiger partial charge in [-0.15, -0.1) is 0 Å². The molecule has 120 valence electrons. The highest BCUT2D eigenvalue weighted by Gasteiger charge is 2.16. The van der Waals surface area contributed by atoms with E-state index in [-0.39, 0.29) is 0 Å². The van der Waals surface area contributed by atoms with E-state index < -0.39 is 0 Å². The zero-order valence-electron chi connectivity index (χ0n) is 13.6. The Morgan fingerprint density at radius 1 is 0.800 bits per heavy atom. The monoisotopic (exact) mass is 324 g/mol. The Kier molecular flexibility index (Phi) is 3.17. The summed E-state index contributed by atoms with van der Waals surface area (Å²) in [6, 6.07) is 28.8. The minimum atomic E-state index is 0.758. The predicted molar refractivity (Wildman–Crippen MR) is 100 cm³/mol. The van der Waals surface area contributed by atoms with Crippen molar-refractivity contribution >= 4 is 22.0 Å². The number of benzene rings is 3. The van der Waals surface area contributed by atoms with E-state index in [9.17, 15) is 0 Å². The van der Waals surface area contributed by atoms with Crippen molar-refractivity contribution in [1.29, 1.82) is 0 Å². The molecule has 0 bridgehead atoms. The first kappa shape index (κ1) is 14.1. The molecular formula is C22H16N2O. The average Bonchev–Trinajstić information content (AvgIpc) is 3.24. The largest absolute Gasteiger partial charge is 0.453 e. The van der Waals surface area contributed by atoms with Crippen LogP contribution in [-0.2, 0) is 6.54 Å². The maximum atomic E-state index is 6.08. The molecule has 0 amide bonds. The van der Waals surface area contributed by atoms with Crippen LogP contribution in [-0.4, -0.2) is 9.55 Å². The minimum Gasteiger partial charge on any atom is -0.453 e. The van der Waals surface area contributed by atoms with Gasteiger partial charge in [-0.3, -0.25) is 0 Å². The molecule has 0 atom stereocenters. The van der Waals surface area contributed by atoms with Crippen molar-refractivity contribution in [2.75, 3.05) is 0 Å². The Bertz CT molecular complexity index is 1140. The molecule has 25 heavy (non-hydrogen) atoms. The normalized spacial score (nSPS) is 11.4. The summed E-state index contributed by atoms with van der Waals surface area (Å²) in [4.78, 5) is 4.84. The van der Waals surface area contributed by atoms with Crippen LogP contribution in [0.5, 0.6) is 0 Å². The SMILES string of the molecule is c1ccc(Cn2c(-c3cc4ccccc4o3)nc3ccccc32)cc1. The van der Waals surface area contributed by atoms with Gasteiger partial charge < -0.3 is 8.98 Å². The lowest BCUT2D eigenvalue weighted by molar-refractivity contribution is 0.618. The Hall–Kier alpha value is -3.33. The molecule has 3 nitrogen and oxygen atoms in total. The van der Waals surface area contributed by atoms with Gasteiger partial charge >= 0.3 is 0 Å². The summed E-state index contributed by atoms with van der Waals surface area (Å²) >= 11 is 0. The van der Waals surface area contributed by atoms with Crippen LogP contribution in [0.1, 0.15) is 5.56 Å². The molecule has 0 spiro atoms. The summed E-state index contributed by atoms with van der Waals surface area (Å²) in [6.45, 7) is 0.758. The molecule has 0 saturated carbocycles. The fraction of sp³-hybridized carbons (Fsp3) is 0.0455. The van der Waals surface area contributed by atoms with Crippen LogP contribution in [0.25, 0.3) is 33.6 Å². The number of imidazole rings is 1. The van der Waals surface area contributed by atoms with E-state index in [0.717, 1.165) is 40.1 Å². The van der Waals surface area contributed by atoms with Gasteiger partial charge in [0.15, 0.2) is 11.6 Å². The van der Waals surface area contributed by atoms with Gasteiger partial charge in [-0.1, -0.05) is 60.7 Å². The Balaban J connectivity index is 1.72. The third-order valence-corrected chi connectivity index (χ3v) is 4.48. The maximum Gasteiger partial charge on any atom is 0.177 e. The van der Waals surface area contributed by atoms with E-state index in [1.807, 2.05) is 42.5 Å². The third kappa shape index (κ3) is 2.41. The van der Waals surface area contributed by atoms with Crippen LogP contribution in [0.4, 0.5) is 0 Å². The number of fused-ring (bicyclic) bond motifs is 2. The molecular weight excluding hydrogens is 308 g/mol. The number of nitrogens with zero attached hydrogens (tertiary/aromatic N) is 2. The number of aromatic nitrogens is 2. The van der Waals surface area contributed by atoms with E-state index in [1.54, 1.807) is 0 Å². The van der Waals surface area contributed by atoms with Gasteiger partial charge in [-0.25, -0.2) is 4.98 Å². The summed E-state index contributed by atoms with van der Waals surface area (Å²) in [6.07, 6.45) is 0. The summed E-state index contributed by atoms with van der Waals surface area (Å²) in [5.41, 5.74) is 4.22. The first-order valence-electron chi connectivity index (χ1n) is 8.37. The molecule has 0 unspecified atom stereocenters. The van der Waals surface area contributed by atoms with Crippen LogP contribution in [0.15, 0.2) is 89.3 Å². The lowest BCUT2D eigenvalue weighted by atomic mass is 10.2. The van der Waals surface area contributed by atoms with Crippen LogP contribution in [0, 0.1) is 0 Å². The standard InChI is InChI=1S/C22H16N2O/c1-2-8-16(9-3-1)15-24-19-12-6-5-11-18(19)23-22(24)21-14-17-10-4-7-13-20(17)25-21/h1-14H,15H2. The first-order chi connectivity index (χ1) is 12.4. The topological polar surface area (TPSA) is 31.0 Å². The van der Waals surface area contributed by atoms with Gasteiger partial charge in [0.2, 0.25) is 0 Å². The highest BCUT2D eigenvalue weighted by atomic mass is 16.3. The quantitative estimate of drug-likeness (QED) is 0.439. The van der Waals surface area contributed by atoms with Crippen LogP contribution >= 0.6 is 0 Å². The summed E-state index contributed by atoms with van der Waals surface area (Å²) in [5.74, 6) is 1.66. The fourth-order valence-electron chi connectivity index (χ4n) is 3.28. The van der Waals surface area contributed by atoms with Gasteiger partial charge in [-0.05, 0) is 29.8 Å². The van der Waals surface area contributed by atoms with Gasteiger partial charge in [0.1, 0.15) is 5.58 Å². The second kappa shape index (κ2) is 5.64. The first-order valence-corrected chi connectivity index (χ1v) is 8.37. The highest BCUT2D eigenvalue weighted by molar-refractivity contribution is 5.85. The zero-order chi connectivity index (χ0) is 16.6. The van der Waals surface area contributed by atoms with E-state index in [4.69, 9.17) is 9.40 Å². The molecule has 0 aliphatic heterocycles. The van der Waals surface area contributed by atoms with Crippen molar-refractivity contribution < 1.29 is 4.42 Å². The van der Waals surface area contributed by atoms with Crippen LogP contribution in [0.2, 0.25) is 0 Å². The molecule has 5 rings (SSSR count). The molecule has 2 heterocycles. The molecule has 2 aromatic heterocycles. The Morgan fingerprint density at radius 2 is 1.56 bits per heavy atom. The molecule has 0 N–H and O–H groups in total. The van der Waals surface area contributed by atoms with Gasteiger partial charge in [0, 0.05) is 11.9 Å². The zero-order valence-corrected chi connectivity index (χ0v) is 13.6. The molecule has 0 radical (unpaired) electrons. The maximum absolute atomic E-state index is 6.08. The molecule has 0 aliphatic carbocycles. The summed E-state index contributed by atoms with van der Waals surface area (Å²) in [7, 11) is 0. The molecule has 0 fully saturated rings. The number of para-hydroxylation sites is 3. The lowest BCUT2D eigenvalue weighted by Crippen LogP contribution is -2.01. The fourth-order valence-corrected chi connectivity index (χ4v) is 3.28. The van der Waals surface area contributed by atoms with Crippen molar-refractivity contribution in [3.05, 3.63) is 90.5 Å². The smallest absolute Gasteiger partial charge is 0.177 e. The number of rotatable bonds is 3. The van der Waals surface area contributed by atoms with Crippen molar-refractivity contribution in [3.8, 4) is 11.6 Å². The molecule has 3 heteroatoms. The van der Waals surface area contributed by atoms with Gasteiger partial charge in [0.25, 0.3) is 0 Å². The van der Waals surface area contributed by atoms with Crippen LogP contribution < -0.4 is 0 Å². The molecule has 0 aliphatic rings. The Labute approximate surface area is 145 Å². The highest BCUT2D eigenvalue weighted by Crippen LogP contribution is 2.30. The van der Waals surface area contributed by atoms with E-state index in [0.29, 0.717) is 0 Å². The van der Waals surface area contributed by atoms with Gasteiger partial charge in [0.05, 0.1) is 11.0 Å². The average molecular weight is 324 g/mol. The molecule has 3 aromatic carbocycles. The van der Waals surface area contributed by atoms with Crippen molar-refractivity contribution in [2.45, 2.75) is 6.54 Å². The van der Waals surface area contributed by atoms with Crippen molar-refractivity contribution in [3.63, 3.8) is 0 Å². The molecule has 5 aromatic rings. The number of hydrogen-bond donors (Lipinski definition) is 0. The second-order valence-corrected chi connectivity index (χ2v) is 6.14. The lowest BCUT2D eigenvalue weighted by Gasteiger charge is -2.08. The van der Waals surface area contributed by atoms with Crippen molar-refractivity contribution in [2.24, 2.45) is 0 Å². The third-order valence-electron chi connectivity index (χ3n) is 4.48. The van der Waals surface area contributed by atoms with E-state index in [2.05, 4.69) is 47.0 Å². The second-order valence-electron chi connectivity index (χ2n) is 6.14. The van der Waals surface area contributed by atoms with E-state index in [1.165, 1.54) is 5.56 Å². The Morgan fingerprint density at radius 3 is 2.44 bits per heavy atom. The molecule has 0 saturated heterocycles. The number of hydrogen-bond acceptors (Lipinski definition) is 2. The predicted octanol–water partition coefficient (Wildman–Crippen LogP) is 5.50.